The lowest BCUT2D eigenvalue weighted by Gasteiger charge is -2.45. The minimum absolute atomic E-state index is 0.0130. The maximum absolute atomic E-state index is 7.39. The van der Waals surface area contributed by atoms with Crippen LogP contribution in [0.25, 0.3) is 21.9 Å². The highest BCUT2D eigenvalue weighted by atomic mass is 16.3. The van der Waals surface area contributed by atoms with Crippen LogP contribution in [0.1, 0.15) is 158 Å². The molecule has 0 atom stereocenters. The molecule has 0 amide bonds. The van der Waals surface area contributed by atoms with Gasteiger partial charge in [0.25, 0.3) is 6.71 Å². The standard InChI is InChI=1S/C72H80BN3O/c1-67(2,3)45-23-31-51(32-24-45)74(52-33-25-46(26-34-52)68(4,5)6)59-39-40-60(66-64(59)54-21-19-20-22-63(54)77-66)76-58-38-30-49(71(13,14)15)42-56(58)73-55-41-48(70(10,11)12)29-37-57(55)75(53-35-27-47(28-36-53)69(7,8)9)61-43-50(72(16,17)18)44-62(76)65(61)73/h19-44H,1-18H3. The zero-order chi connectivity index (χ0) is 55.1. The van der Waals surface area contributed by atoms with Crippen LogP contribution in [0, 0.1) is 0 Å². The minimum Gasteiger partial charge on any atom is -0.454 e. The van der Waals surface area contributed by atoms with Gasteiger partial charge < -0.3 is 19.1 Å². The van der Waals surface area contributed by atoms with Crippen molar-refractivity contribution in [1.29, 1.82) is 0 Å². The predicted octanol–water partition coefficient (Wildman–Crippen LogP) is 18.9. The van der Waals surface area contributed by atoms with Gasteiger partial charge in [-0.1, -0.05) is 203 Å². The largest absolute Gasteiger partial charge is 0.454 e. The van der Waals surface area contributed by atoms with Crippen LogP contribution in [0.2, 0.25) is 0 Å². The molecule has 77 heavy (non-hydrogen) atoms. The molecular weight excluding hydrogens is 934 g/mol. The number of fused-ring (bicyclic) bond motifs is 7. The molecule has 5 heteroatoms. The molecular formula is C72H80BN3O. The molecule has 11 rings (SSSR count). The summed E-state index contributed by atoms with van der Waals surface area (Å²) in [4.78, 5) is 7.58. The van der Waals surface area contributed by atoms with Gasteiger partial charge in [0.2, 0.25) is 0 Å². The fourth-order valence-corrected chi connectivity index (χ4v) is 11.8. The van der Waals surface area contributed by atoms with Crippen LogP contribution >= 0.6 is 0 Å². The predicted molar refractivity (Wildman–Crippen MR) is 335 cm³/mol. The highest BCUT2D eigenvalue weighted by Gasteiger charge is 2.46. The van der Waals surface area contributed by atoms with E-state index in [1.54, 1.807) is 0 Å². The number of para-hydroxylation sites is 1. The van der Waals surface area contributed by atoms with Crippen LogP contribution in [0.15, 0.2) is 162 Å². The van der Waals surface area contributed by atoms with Crippen molar-refractivity contribution in [2.45, 2.75) is 157 Å². The van der Waals surface area contributed by atoms with Crippen molar-refractivity contribution in [3.05, 3.63) is 191 Å². The average Bonchev–Trinajstić information content (AvgIpc) is 3.91. The van der Waals surface area contributed by atoms with Crippen molar-refractivity contribution < 1.29 is 4.42 Å². The van der Waals surface area contributed by atoms with Crippen molar-refractivity contribution in [3.63, 3.8) is 0 Å². The molecule has 0 saturated heterocycles. The number of rotatable bonds is 5. The Labute approximate surface area is 461 Å². The Hall–Kier alpha value is -6.98. The molecule has 0 spiro atoms. The van der Waals surface area contributed by atoms with E-state index in [9.17, 15) is 0 Å². The Morgan fingerprint density at radius 3 is 1.23 bits per heavy atom. The van der Waals surface area contributed by atoms with Gasteiger partial charge in [-0.25, -0.2) is 0 Å². The SMILES string of the molecule is CC(C)(C)c1ccc(N2c3ccc(C(C)(C)C)cc3B3c4cc(C(C)(C)C)ccc4N(c4ccc(N(c5ccc(C(C)(C)C)cc5)c5ccc(C(C)(C)C)cc5)c5c4oc4ccccc45)c4cc(C(C)(C)C)cc2c43)cc1. The van der Waals surface area contributed by atoms with Crippen molar-refractivity contribution in [1.82, 2.24) is 0 Å². The Kier molecular flexibility index (Phi) is 12.0. The summed E-state index contributed by atoms with van der Waals surface area (Å²) in [6.45, 7) is 41.7. The van der Waals surface area contributed by atoms with Gasteiger partial charge in [-0.05, 0) is 161 Å². The van der Waals surface area contributed by atoms with Crippen LogP contribution in [-0.4, -0.2) is 6.71 Å². The fourth-order valence-electron chi connectivity index (χ4n) is 11.8. The van der Waals surface area contributed by atoms with Gasteiger partial charge in [0.1, 0.15) is 5.58 Å². The second-order valence-electron chi connectivity index (χ2n) is 28.5. The lowest BCUT2D eigenvalue weighted by molar-refractivity contribution is 0.589. The molecule has 0 fully saturated rings. The maximum Gasteiger partial charge on any atom is 0.252 e. The molecule has 8 aromatic carbocycles. The minimum atomic E-state index is -0.175. The first kappa shape index (κ1) is 52.1. The summed E-state index contributed by atoms with van der Waals surface area (Å²) in [7, 11) is 0. The molecule has 9 aromatic rings. The Bertz CT molecular complexity index is 3680. The Balaban J connectivity index is 1.24. The molecule has 392 valence electrons. The third-order valence-corrected chi connectivity index (χ3v) is 16.6. The smallest absolute Gasteiger partial charge is 0.252 e. The lowest BCUT2D eigenvalue weighted by Crippen LogP contribution is -2.61. The Morgan fingerprint density at radius 1 is 0.364 bits per heavy atom. The normalized spacial score (nSPS) is 14.0. The van der Waals surface area contributed by atoms with E-state index in [1.165, 1.54) is 72.5 Å². The summed E-state index contributed by atoms with van der Waals surface area (Å²) >= 11 is 0. The number of furan rings is 1. The molecule has 3 heterocycles. The highest BCUT2D eigenvalue weighted by Crippen LogP contribution is 2.52. The van der Waals surface area contributed by atoms with Crippen molar-refractivity contribution in [2.24, 2.45) is 0 Å². The van der Waals surface area contributed by atoms with E-state index in [2.05, 4.69) is 297 Å². The lowest BCUT2D eigenvalue weighted by atomic mass is 9.33. The molecule has 1 aromatic heterocycles. The first-order chi connectivity index (χ1) is 36.0. The van der Waals surface area contributed by atoms with Gasteiger partial charge in [0.15, 0.2) is 5.58 Å². The first-order valence-electron chi connectivity index (χ1n) is 28.1. The van der Waals surface area contributed by atoms with Crippen molar-refractivity contribution in [3.8, 4) is 0 Å². The van der Waals surface area contributed by atoms with Crippen LogP contribution < -0.4 is 31.1 Å². The molecule has 0 aliphatic carbocycles. The van der Waals surface area contributed by atoms with E-state index < -0.39 is 0 Å². The number of hydrogen-bond acceptors (Lipinski definition) is 4. The van der Waals surface area contributed by atoms with Crippen molar-refractivity contribution in [2.75, 3.05) is 14.7 Å². The summed E-state index contributed by atoms with van der Waals surface area (Å²) in [5.41, 5.74) is 23.4. The number of hydrogen-bond donors (Lipinski definition) is 0. The van der Waals surface area contributed by atoms with Crippen LogP contribution in [-0.2, 0) is 32.5 Å². The van der Waals surface area contributed by atoms with Gasteiger partial charge >= 0.3 is 0 Å². The van der Waals surface area contributed by atoms with E-state index in [-0.39, 0.29) is 39.2 Å². The van der Waals surface area contributed by atoms with Gasteiger partial charge in [0.05, 0.1) is 16.8 Å². The third kappa shape index (κ3) is 9.06. The first-order valence-corrected chi connectivity index (χ1v) is 28.1. The fraction of sp³-hybridized carbons (Fsp3) is 0.333. The molecule has 2 aliphatic heterocycles. The van der Waals surface area contributed by atoms with Crippen LogP contribution in [0.5, 0.6) is 0 Å². The number of nitrogens with zero attached hydrogens (tertiary/aromatic N) is 3. The van der Waals surface area contributed by atoms with E-state index in [0.29, 0.717) is 0 Å². The van der Waals surface area contributed by atoms with Gasteiger partial charge in [-0.2, -0.15) is 0 Å². The summed E-state index contributed by atoms with van der Waals surface area (Å²) in [6.07, 6.45) is 0. The molecule has 0 N–H and O–H groups in total. The van der Waals surface area contributed by atoms with E-state index >= 15 is 0 Å². The van der Waals surface area contributed by atoms with Crippen LogP contribution in [0.4, 0.5) is 51.2 Å². The molecule has 0 bridgehead atoms. The third-order valence-electron chi connectivity index (χ3n) is 16.6. The maximum atomic E-state index is 7.39. The van der Waals surface area contributed by atoms with Gasteiger partial charge in [-0.15, -0.1) is 0 Å². The Morgan fingerprint density at radius 2 is 0.766 bits per heavy atom. The average molecular weight is 1010 g/mol. The zero-order valence-electron chi connectivity index (χ0n) is 49.3. The molecule has 0 saturated carbocycles. The molecule has 4 nitrogen and oxygen atoms in total. The van der Waals surface area contributed by atoms with E-state index in [4.69, 9.17) is 4.42 Å². The molecule has 2 aliphatic rings. The number of benzene rings is 8. The second-order valence-corrected chi connectivity index (χ2v) is 28.5. The van der Waals surface area contributed by atoms with E-state index in [1.807, 2.05) is 0 Å². The summed E-state index contributed by atoms with van der Waals surface area (Å²) in [6, 6.07) is 60.7. The van der Waals surface area contributed by atoms with Gasteiger partial charge in [-0.3, -0.25) is 0 Å². The summed E-state index contributed by atoms with van der Waals surface area (Å²) < 4.78 is 7.39. The topological polar surface area (TPSA) is 22.9 Å². The van der Waals surface area contributed by atoms with Crippen LogP contribution in [0.3, 0.4) is 0 Å². The summed E-state index contributed by atoms with van der Waals surface area (Å²) in [5.74, 6) is 0. The molecule has 0 unspecified atom stereocenters. The monoisotopic (exact) mass is 1010 g/mol. The molecule has 0 radical (unpaired) electrons. The number of anilines is 9. The zero-order valence-corrected chi connectivity index (χ0v) is 49.3. The highest BCUT2D eigenvalue weighted by molar-refractivity contribution is 7.00. The quantitative estimate of drug-likeness (QED) is 0.160. The van der Waals surface area contributed by atoms with Gasteiger partial charge in [0, 0.05) is 45.2 Å². The van der Waals surface area contributed by atoms with E-state index in [0.717, 1.165) is 50.4 Å². The van der Waals surface area contributed by atoms with Crippen molar-refractivity contribution >= 4 is 96.2 Å². The second kappa shape index (κ2) is 17.8. The summed E-state index contributed by atoms with van der Waals surface area (Å²) in [5, 5.41) is 2.16.